The van der Waals surface area contributed by atoms with Gasteiger partial charge in [0.1, 0.15) is 17.0 Å². The van der Waals surface area contributed by atoms with Crippen molar-refractivity contribution in [3.8, 4) is 17.1 Å². The molecule has 17 heavy (non-hydrogen) atoms. The van der Waals surface area contributed by atoms with Crippen LogP contribution in [0.15, 0.2) is 48.8 Å². The molecule has 0 aliphatic carbocycles. The number of phenolic OH excluding ortho intramolecular Hbond substituents is 1. The summed E-state index contributed by atoms with van der Waals surface area (Å²) < 4.78 is 0. The third kappa shape index (κ3) is 1.69. The van der Waals surface area contributed by atoms with Crippen molar-refractivity contribution in [3.63, 3.8) is 0 Å². The second-order valence-electron chi connectivity index (χ2n) is 3.62. The minimum absolute atomic E-state index is 0.132. The molecule has 82 valence electrons. The number of benzene rings is 1. The molecule has 2 heterocycles. The Balaban J connectivity index is 2.23. The first kappa shape index (κ1) is 9.72. The Morgan fingerprint density at radius 1 is 0.882 bits per heavy atom. The molecule has 0 saturated heterocycles. The number of hydrogen-bond donors (Lipinski definition) is 1. The Kier molecular flexibility index (Phi) is 2.19. The van der Waals surface area contributed by atoms with Crippen molar-refractivity contribution in [2.75, 3.05) is 0 Å². The maximum Gasteiger partial charge on any atom is 0.143 e. The van der Waals surface area contributed by atoms with Crippen molar-refractivity contribution in [3.05, 3.63) is 48.8 Å². The van der Waals surface area contributed by atoms with Crippen molar-refractivity contribution in [1.82, 2.24) is 15.0 Å². The molecule has 0 bridgehead atoms. The average molecular weight is 223 g/mol. The SMILES string of the molecule is Oc1cccc2ncc(-c3ccccn3)nc12. The topological polar surface area (TPSA) is 58.9 Å². The van der Waals surface area contributed by atoms with Crippen LogP contribution in [0.2, 0.25) is 0 Å². The summed E-state index contributed by atoms with van der Waals surface area (Å²) >= 11 is 0. The Morgan fingerprint density at radius 3 is 2.65 bits per heavy atom. The number of aromatic hydroxyl groups is 1. The van der Waals surface area contributed by atoms with Crippen molar-refractivity contribution < 1.29 is 5.11 Å². The predicted octanol–water partition coefficient (Wildman–Crippen LogP) is 2.40. The van der Waals surface area contributed by atoms with Gasteiger partial charge in [-0.3, -0.25) is 9.97 Å². The van der Waals surface area contributed by atoms with Crippen LogP contribution in [0.4, 0.5) is 0 Å². The normalized spacial score (nSPS) is 10.6. The highest BCUT2D eigenvalue weighted by Crippen LogP contribution is 2.23. The Hall–Kier alpha value is -2.49. The molecule has 0 atom stereocenters. The van der Waals surface area contributed by atoms with Crippen molar-refractivity contribution in [1.29, 1.82) is 0 Å². The zero-order valence-corrected chi connectivity index (χ0v) is 8.91. The van der Waals surface area contributed by atoms with E-state index in [2.05, 4.69) is 15.0 Å². The molecule has 4 heteroatoms. The fourth-order valence-corrected chi connectivity index (χ4v) is 1.66. The van der Waals surface area contributed by atoms with Gasteiger partial charge in [0.25, 0.3) is 0 Å². The highest BCUT2D eigenvalue weighted by molar-refractivity contribution is 5.82. The lowest BCUT2D eigenvalue weighted by atomic mass is 10.2. The van der Waals surface area contributed by atoms with Crippen LogP contribution >= 0.6 is 0 Å². The third-order valence-corrected chi connectivity index (χ3v) is 2.48. The quantitative estimate of drug-likeness (QED) is 0.688. The van der Waals surface area contributed by atoms with Gasteiger partial charge in [-0.15, -0.1) is 0 Å². The zero-order valence-electron chi connectivity index (χ0n) is 8.91. The van der Waals surface area contributed by atoms with Crippen LogP contribution in [0.3, 0.4) is 0 Å². The fourth-order valence-electron chi connectivity index (χ4n) is 1.66. The molecule has 3 rings (SSSR count). The van der Waals surface area contributed by atoms with Gasteiger partial charge in [0.05, 0.1) is 17.4 Å². The Morgan fingerprint density at radius 2 is 1.82 bits per heavy atom. The maximum absolute atomic E-state index is 9.72. The zero-order chi connectivity index (χ0) is 11.7. The van der Waals surface area contributed by atoms with E-state index in [0.29, 0.717) is 16.7 Å². The number of nitrogens with zero attached hydrogens (tertiary/aromatic N) is 3. The van der Waals surface area contributed by atoms with Gasteiger partial charge >= 0.3 is 0 Å². The van der Waals surface area contributed by atoms with Crippen LogP contribution in [-0.4, -0.2) is 20.1 Å². The summed E-state index contributed by atoms with van der Waals surface area (Å²) in [6.45, 7) is 0. The second-order valence-corrected chi connectivity index (χ2v) is 3.62. The molecule has 1 aromatic carbocycles. The lowest BCUT2D eigenvalue weighted by molar-refractivity contribution is 0.480. The molecule has 4 nitrogen and oxygen atoms in total. The standard InChI is InChI=1S/C13H9N3O/c17-12-6-3-5-10-13(12)16-11(8-15-10)9-4-1-2-7-14-9/h1-8,17H. The molecule has 0 amide bonds. The largest absolute Gasteiger partial charge is 0.506 e. The van der Waals surface area contributed by atoms with Gasteiger partial charge in [0.2, 0.25) is 0 Å². The molecule has 0 saturated carbocycles. The van der Waals surface area contributed by atoms with Crippen LogP contribution < -0.4 is 0 Å². The third-order valence-electron chi connectivity index (χ3n) is 2.48. The van der Waals surface area contributed by atoms with Gasteiger partial charge in [0, 0.05) is 6.20 Å². The number of rotatable bonds is 1. The molecule has 1 N–H and O–H groups in total. The first-order valence-corrected chi connectivity index (χ1v) is 5.21. The van der Waals surface area contributed by atoms with Crippen molar-refractivity contribution in [2.24, 2.45) is 0 Å². The van der Waals surface area contributed by atoms with Gasteiger partial charge in [-0.2, -0.15) is 0 Å². The number of aromatic nitrogens is 3. The number of pyridine rings is 1. The Labute approximate surface area is 97.6 Å². The van der Waals surface area contributed by atoms with E-state index < -0.39 is 0 Å². The predicted molar refractivity (Wildman–Crippen MR) is 64.4 cm³/mol. The van der Waals surface area contributed by atoms with Gasteiger partial charge in [0.15, 0.2) is 0 Å². The molecular weight excluding hydrogens is 214 g/mol. The van der Waals surface area contributed by atoms with E-state index in [1.54, 1.807) is 24.5 Å². The molecule has 0 aliphatic heterocycles. The summed E-state index contributed by atoms with van der Waals surface area (Å²) in [5.74, 6) is 0.132. The van der Waals surface area contributed by atoms with Crippen LogP contribution in [0.25, 0.3) is 22.4 Å². The molecule has 0 fully saturated rings. The molecule has 0 radical (unpaired) electrons. The molecule has 0 spiro atoms. The highest BCUT2D eigenvalue weighted by atomic mass is 16.3. The monoisotopic (exact) mass is 223 g/mol. The van der Waals surface area contributed by atoms with E-state index in [-0.39, 0.29) is 5.75 Å². The minimum Gasteiger partial charge on any atom is -0.506 e. The highest BCUT2D eigenvalue weighted by Gasteiger charge is 2.05. The van der Waals surface area contributed by atoms with Gasteiger partial charge in [-0.05, 0) is 24.3 Å². The van der Waals surface area contributed by atoms with Crippen LogP contribution in [0, 0.1) is 0 Å². The molecule has 3 aromatic rings. The number of hydrogen-bond acceptors (Lipinski definition) is 4. The van der Waals surface area contributed by atoms with Crippen molar-refractivity contribution >= 4 is 11.0 Å². The van der Waals surface area contributed by atoms with Crippen molar-refractivity contribution in [2.45, 2.75) is 0 Å². The van der Waals surface area contributed by atoms with E-state index >= 15 is 0 Å². The molecule has 2 aromatic heterocycles. The number of para-hydroxylation sites is 1. The van der Waals surface area contributed by atoms with E-state index in [4.69, 9.17) is 0 Å². The smallest absolute Gasteiger partial charge is 0.143 e. The van der Waals surface area contributed by atoms with Crippen LogP contribution in [0.5, 0.6) is 5.75 Å². The summed E-state index contributed by atoms with van der Waals surface area (Å²) in [5, 5.41) is 9.72. The average Bonchev–Trinajstić information content (AvgIpc) is 2.40. The second kappa shape index (κ2) is 3.83. The molecule has 0 aliphatic rings. The molecular formula is C13H9N3O. The summed E-state index contributed by atoms with van der Waals surface area (Å²) in [7, 11) is 0. The van der Waals surface area contributed by atoms with Gasteiger partial charge in [-0.25, -0.2) is 4.98 Å². The minimum atomic E-state index is 0.132. The van der Waals surface area contributed by atoms with E-state index in [1.807, 2.05) is 24.3 Å². The lowest BCUT2D eigenvalue weighted by Crippen LogP contribution is -1.90. The summed E-state index contributed by atoms with van der Waals surface area (Å²) in [4.78, 5) is 12.8. The van der Waals surface area contributed by atoms with E-state index in [0.717, 1.165) is 5.69 Å². The van der Waals surface area contributed by atoms with Crippen LogP contribution in [-0.2, 0) is 0 Å². The first-order chi connectivity index (χ1) is 8.34. The molecule has 0 unspecified atom stereocenters. The maximum atomic E-state index is 9.72. The number of fused-ring (bicyclic) bond motifs is 1. The lowest BCUT2D eigenvalue weighted by Gasteiger charge is -2.02. The van der Waals surface area contributed by atoms with E-state index in [9.17, 15) is 5.11 Å². The Bertz CT molecular complexity index is 668. The van der Waals surface area contributed by atoms with Gasteiger partial charge < -0.3 is 5.11 Å². The number of phenols is 1. The summed E-state index contributed by atoms with van der Waals surface area (Å²) in [6, 6.07) is 10.7. The van der Waals surface area contributed by atoms with E-state index in [1.165, 1.54) is 0 Å². The van der Waals surface area contributed by atoms with Crippen LogP contribution in [0.1, 0.15) is 0 Å². The summed E-state index contributed by atoms with van der Waals surface area (Å²) in [5.41, 5.74) is 2.56. The first-order valence-electron chi connectivity index (χ1n) is 5.21. The fraction of sp³-hybridized carbons (Fsp3) is 0. The summed E-state index contributed by atoms with van der Waals surface area (Å²) in [6.07, 6.45) is 3.36. The van der Waals surface area contributed by atoms with Gasteiger partial charge in [-0.1, -0.05) is 12.1 Å².